The van der Waals surface area contributed by atoms with E-state index in [0.717, 1.165) is 12.0 Å². The number of carbonyl (C=O) groups is 1. The summed E-state index contributed by atoms with van der Waals surface area (Å²) < 4.78 is 33.7. The van der Waals surface area contributed by atoms with Crippen LogP contribution in [0.2, 0.25) is 0 Å². The molecule has 166 valence electrons. The second-order valence-electron chi connectivity index (χ2n) is 7.85. The molecule has 0 unspecified atom stereocenters. The number of nitrogens with one attached hydrogen (secondary N) is 1. The summed E-state index contributed by atoms with van der Waals surface area (Å²) in [6.45, 7) is 2.97. The minimum Gasteiger partial charge on any atom is -0.484 e. The Hall–Kier alpha value is -3.16. The Morgan fingerprint density at radius 1 is 0.969 bits per heavy atom. The van der Waals surface area contributed by atoms with Gasteiger partial charge in [-0.3, -0.25) is 4.79 Å². The molecule has 3 aromatic rings. The van der Waals surface area contributed by atoms with Gasteiger partial charge in [0.2, 0.25) is 10.0 Å². The van der Waals surface area contributed by atoms with E-state index in [-0.39, 0.29) is 23.5 Å². The predicted molar refractivity (Wildman–Crippen MR) is 123 cm³/mol. The van der Waals surface area contributed by atoms with Crippen LogP contribution in [0.5, 0.6) is 5.75 Å². The highest BCUT2D eigenvalue weighted by Gasteiger charge is 2.21. The van der Waals surface area contributed by atoms with Crippen molar-refractivity contribution in [1.29, 1.82) is 0 Å². The van der Waals surface area contributed by atoms with Crippen LogP contribution in [0.1, 0.15) is 29.7 Å². The van der Waals surface area contributed by atoms with Crippen LogP contribution in [0.25, 0.3) is 0 Å². The normalized spacial score (nSPS) is 14.5. The topological polar surface area (TPSA) is 75.7 Å². The molecule has 7 heteroatoms. The predicted octanol–water partition coefficient (Wildman–Crippen LogP) is 3.69. The molecule has 1 aliphatic rings. The average molecular weight is 451 g/mol. The van der Waals surface area contributed by atoms with E-state index in [0.29, 0.717) is 18.8 Å². The van der Waals surface area contributed by atoms with Crippen molar-refractivity contribution in [3.05, 3.63) is 95.6 Å². The highest BCUT2D eigenvalue weighted by atomic mass is 32.2. The molecule has 1 heterocycles. The Morgan fingerprint density at radius 2 is 1.62 bits per heavy atom. The summed E-state index contributed by atoms with van der Waals surface area (Å²) in [4.78, 5) is 14.5. The van der Waals surface area contributed by atoms with Gasteiger partial charge in [-0.15, -0.1) is 0 Å². The molecule has 1 aliphatic heterocycles. The zero-order chi connectivity index (χ0) is 22.6. The molecule has 4 rings (SSSR count). The van der Waals surface area contributed by atoms with Gasteiger partial charge < -0.3 is 9.64 Å². The zero-order valence-electron chi connectivity index (χ0n) is 17.9. The van der Waals surface area contributed by atoms with Crippen molar-refractivity contribution in [3.8, 4) is 5.75 Å². The van der Waals surface area contributed by atoms with Gasteiger partial charge in [-0.05, 0) is 54.3 Å². The Labute approximate surface area is 188 Å². The SMILES string of the molecule is C[C@H](NS(=O)(=O)c1ccc(OCC(=O)N2CCc3ccccc3C2)cc1)c1ccccc1. The lowest BCUT2D eigenvalue weighted by Gasteiger charge is -2.28. The zero-order valence-corrected chi connectivity index (χ0v) is 18.7. The van der Waals surface area contributed by atoms with E-state index in [9.17, 15) is 13.2 Å². The fourth-order valence-corrected chi connectivity index (χ4v) is 5.00. The van der Waals surface area contributed by atoms with Crippen LogP contribution in [0.3, 0.4) is 0 Å². The first-order valence-electron chi connectivity index (χ1n) is 10.6. The van der Waals surface area contributed by atoms with E-state index in [1.165, 1.54) is 23.3 Å². The van der Waals surface area contributed by atoms with Gasteiger partial charge in [-0.2, -0.15) is 0 Å². The third kappa shape index (κ3) is 5.18. The number of nitrogens with zero attached hydrogens (tertiary/aromatic N) is 1. The first-order chi connectivity index (χ1) is 15.4. The van der Waals surface area contributed by atoms with Gasteiger partial charge in [0, 0.05) is 19.1 Å². The summed E-state index contributed by atoms with van der Waals surface area (Å²) in [6, 6.07) is 23.3. The van der Waals surface area contributed by atoms with Crippen molar-refractivity contribution in [1.82, 2.24) is 9.62 Å². The molecule has 0 saturated heterocycles. The van der Waals surface area contributed by atoms with Crippen LogP contribution in [-0.4, -0.2) is 32.4 Å². The third-order valence-electron chi connectivity index (χ3n) is 5.61. The largest absolute Gasteiger partial charge is 0.484 e. The van der Waals surface area contributed by atoms with E-state index < -0.39 is 10.0 Å². The molecule has 0 bridgehead atoms. The number of ether oxygens (including phenoxy) is 1. The van der Waals surface area contributed by atoms with Crippen LogP contribution in [0.15, 0.2) is 83.8 Å². The van der Waals surface area contributed by atoms with Crippen molar-refractivity contribution in [2.75, 3.05) is 13.2 Å². The van der Waals surface area contributed by atoms with Crippen LogP contribution in [-0.2, 0) is 27.8 Å². The fraction of sp³-hybridized carbons (Fsp3) is 0.240. The average Bonchev–Trinajstić information content (AvgIpc) is 2.82. The maximum absolute atomic E-state index is 12.7. The Balaban J connectivity index is 1.33. The summed E-state index contributed by atoms with van der Waals surface area (Å²) in [7, 11) is -3.68. The molecule has 0 aromatic heterocycles. The molecule has 0 spiro atoms. The van der Waals surface area contributed by atoms with Crippen molar-refractivity contribution in [2.45, 2.75) is 30.8 Å². The number of rotatable bonds is 7. The molecule has 0 aliphatic carbocycles. The number of amides is 1. The van der Waals surface area contributed by atoms with E-state index in [2.05, 4.69) is 10.8 Å². The Morgan fingerprint density at radius 3 is 2.34 bits per heavy atom. The van der Waals surface area contributed by atoms with Crippen LogP contribution < -0.4 is 9.46 Å². The molecule has 1 atom stereocenters. The van der Waals surface area contributed by atoms with Crippen molar-refractivity contribution >= 4 is 15.9 Å². The number of fused-ring (bicyclic) bond motifs is 1. The van der Waals surface area contributed by atoms with Gasteiger partial charge in [0.25, 0.3) is 5.91 Å². The molecule has 1 N–H and O–H groups in total. The van der Waals surface area contributed by atoms with Gasteiger partial charge in [0.15, 0.2) is 6.61 Å². The third-order valence-corrected chi connectivity index (χ3v) is 7.17. The fourth-order valence-electron chi connectivity index (χ4n) is 3.77. The minimum atomic E-state index is -3.68. The first-order valence-corrected chi connectivity index (χ1v) is 12.1. The Bertz CT molecular complexity index is 1180. The number of sulfonamides is 1. The summed E-state index contributed by atoms with van der Waals surface area (Å²) in [5.41, 5.74) is 3.33. The summed E-state index contributed by atoms with van der Waals surface area (Å²) in [5.74, 6) is 0.361. The number of benzene rings is 3. The lowest BCUT2D eigenvalue weighted by Crippen LogP contribution is -2.38. The second kappa shape index (κ2) is 9.54. The highest BCUT2D eigenvalue weighted by molar-refractivity contribution is 7.89. The summed E-state index contributed by atoms with van der Waals surface area (Å²) >= 11 is 0. The highest BCUT2D eigenvalue weighted by Crippen LogP contribution is 2.21. The molecule has 0 fully saturated rings. The minimum absolute atomic E-state index is 0.0858. The second-order valence-corrected chi connectivity index (χ2v) is 9.56. The molecule has 3 aromatic carbocycles. The van der Waals surface area contributed by atoms with Crippen LogP contribution in [0, 0.1) is 0 Å². The molecule has 0 saturated carbocycles. The van der Waals surface area contributed by atoms with Gasteiger partial charge in [0.05, 0.1) is 4.90 Å². The summed E-state index contributed by atoms with van der Waals surface area (Å²) in [6.07, 6.45) is 0.836. The lowest BCUT2D eigenvalue weighted by atomic mass is 10.00. The maximum atomic E-state index is 12.7. The standard InChI is InChI=1S/C25H26N2O4S/c1-19(20-7-3-2-4-8-20)26-32(29,30)24-13-11-23(12-14-24)31-18-25(28)27-16-15-21-9-5-6-10-22(21)17-27/h2-14,19,26H,15-18H2,1H3/t19-/m0/s1. The van der Waals surface area contributed by atoms with Gasteiger partial charge >= 0.3 is 0 Å². The monoisotopic (exact) mass is 450 g/mol. The molecule has 32 heavy (non-hydrogen) atoms. The van der Waals surface area contributed by atoms with E-state index >= 15 is 0 Å². The van der Waals surface area contributed by atoms with E-state index in [1.54, 1.807) is 24.0 Å². The molecule has 6 nitrogen and oxygen atoms in total. The summed E-state index contributed by atoms with van der Waals surface area (Å²) in [5, 5.41) is 0. The van der Waals surface area contributed by atoms with E-state index in [4.69, 9.17) is 4.74 Å². The first kappa shape index (κ1) is 22.0. The van der Waals surface area contributed by atoms with Gasteiger partial charge in [-0.1, -0.05) is 54.6 Å². The molecular weight excluding hydrogens is 424 g/mol. The van der Waals surface area contributed by atoms with Crippen LogP contribution in [0.4, 0.5) is 0 Å². The number of carbonyl (C=O) groups excluding carboxylic acids is 1. The number of hydrogen-bond donors (Lipinski definition) is 1. The smallest absolute Gasteiger partial charge is 0.260 e. The van der Waals surface area contributed by atoms with Crippen molar-refractivity contribution in [2.24, 2.45) is 0 Å². The maximum Gasteiger partial charge on any atom is 0.260 e. The van der Waals surface area contributed by atoms with E-state index in [1.807, 2.05) is 48.5 Å². The molecular formula is C25H26N2O4S. The Kier molecular flexibility index (Phi) is 6.58. The quantitative estimate of drug-likeness (QED) is 0.596. The van der Waals surface area contributed by atoms with Crippen LogP contribution >= 0.6 is 0 Å². The van der Waals surface area contributed by atoms with Crippen molar-refractivity contribution < 1.29 is 17.9 Å². The number of hydrogen-bond acceptors (Lipinski definition) is 4. The molecule has 0 radical (unpaired) electrons. The molecule has 1 amide bonds. The van der Waals surface area contributed by atoms with Gasteiger partial charge in [0.1, 0.15) is 5.75 Å². The van der Waals surface area contributed by atoms with Crippen molar-refractivity contribution in [3.63, 3.8) is 0 Å². The van der Waals surface area contributed by atoms with Gasteiger partial charge in [-0.25, -0.2) is 13.1 Å². The lowest BCUT2D eigenvalue weighted by molar-refractivity contribution is -0.134.